The SMILES string of the molecule is CC1(C)c2cc3ccccc3cc2-c2c(-c3cccc(C4=CC(C5=CC=[N+]=C5)NC(c5ccccc5)N4)c3)cccc21. The minimum Gasteiger partial charge on any atom is -0.366 e. The van der Waals surface area contributed by atoms with E-state index in [1.807, 2.05) is 12.4 Å². The van der Waals surface area contributed by atoms with Gasteiger partial charge in [-0.2, -0.15) is 0 Å². The average Bonchev–Trinajstić information content (AvgIpc) is 3.66. The molecule has 8 rings (SSSR count). The van der Waals surface area contributed by atoms with Crippen molar-refractivity contribution in [1.29, 1.82) is 0 Å². The van der Waals surface area contributed by atoms with Gasteiger partial charge in [0.1, 0.15) is 6.17 Å². The van der Waals surface area contributed by atoms with Crippen molar-refractivity contribution in [2.75, 3.05) is 0 Å². The van der Waals surface area contributed by atoms with E-state index in [2.05, 4.69) is 150 Å². The molecule has 0 aromatic heterocycles. The van der Waals surface area contributed by atoms with Gasteiger partial charge in [-0.1, -0.05) is 105 Å². The minimum absolute atomic E-state index is 0.0170. The molecule has 42 heavy (non-hydrogen) atoms. The zero-order valence-electron chi connectivity index (χ0n) is 23.8. The van der Waals surface area contributed by atoms with Crippen LogP contribution in [0.15, 0.2) is 127 Å². The molecule has 0 radical (unpaired) electrons. The van der Waals surface area contributed by atoms with E-state index >= 15 is 0 Å². The zero-order valence-corrected chi connectivity index (χ0v) is 23.8. The molecule has 0 fully saturated rings. The Morgan fingerprint density at radius 3 is 2.26 bits per heavy atom. The third-order valence-electron chi connectivity index (χ3n) is 9.10. The van der Waals surface area contributed by atoms with E-state index in [9.17, 15) is 0 Å². The van der Waals surface area contributed by atoms with E-state index in [1.54, 1.807) is 0 Å². The Bertz CT molecular complexity index is 2000. The van der Waals surface area contributed by atoms with Gasteiger partial charge < -0.3 is 5.32 Å². The van der Waals surface area contributed by atoms with Crippen LogP contribution < -0.4 is 15.3 Å². The molecular formula is C39H32N3+. The molecule has 0 saturated heterocycles. The lowest BCUT2D eigenvalue weighted by Crippen LogP contribution is -2.44. The highest BCUT2D eigenvalue weighted by Gasteiger charge is 2.37. The van der Waals surface area contributed by atoms with Crippen LogP contribution in [0.4, 0.5) is 0 Å². The third-order valence-corrected chi connectivity index (χ3v) is 9.10. The Kier molecular flexibility index (Phi) is 5.65. The molecule has 2 atom stereocenters. The molecule has 3 aliphatic rings. The van der Waals surface area contributed by atoms with Gasteiger partial charge in [-0.15, -0.1) is 4.67 Å². The first-order valence-electron chi connectivity index (χ1n) is 14.7. The maximum atomic E-state index is 4.34. The van der Waals surface area contributed by atoms with Crippen molar-refractivity contribution in [3.05, 3.63) is 149 Å². The highest BCUT2D eigenvalue weighted by Crippen LogP contribution is 2.53. The lowest BCUT2D eigenvalue weighted by molar-refractivity contribution is 0.466. The molecule has 2 aliphatic heterocycles. The fourth-order valence-electron chi connectivity index (χ4n) is 6.89. The Hall–Kier alpha value is -4.95. The van der Waals surface area contributed by atoms with Crippen LogP contribution in [0.1, 0.15) is 42.3 Å². The van der Waals surface area contributed by atoms with E-state index in [0.29, 0.717) is 0 Å². The zero-order chi connectivity index (χ0) is 28.3. The van der Waals surface area contributed by atoms with Crippen molar-refractivity contribution in [2.45, 2.75) is 31.5 Å². The largest absolute Gasteiger partial charge is 0.366 e. The lowest BCUT2D eigenvalue weighted by atomic mass is 9.81. The highest BCUT2D eigenvalue weighted by atomic mass is 15.2. The Morgan fingerprint density at radius 1 is 0.690 bits per heavy atom. The summed E-state index contributed by atoms with van der Waals surface area (Å²) in [5.41, 5.74) is 12.6. The fourth-order valence-corrected chi connectivity index (χ4v) is 6.89. The summed E-state index contributed by atoms with van der Waals surface area (Å²) in [6.07, 6.45) is 8.17. The van der Waals surface area contributed by atoms with Gasteiger partial charge in [0.15, 0.2) is 0 Å². The molecule has 5 aromatic rings. The predicted octanol–water partition coefficient (Wildman–Crippen LogP) is 7.56. The van der Waals surface area contributed by atoms with Crippen LogP contribution in [0.2, 0.25) is 0 Å². The van der Waals surface area contributed by atoms with Crippen molar-refractivity contribution in [3.8, 4) is 22.3 Å². The summed E-state index contributed by atoms with van der Waals surface area (Å²) < 4.78 is 4.34. The van der Waals surface area contributed by atoms with Crippen LogP contribution in [-0.2, 0) is 5.41 Å². The fraction of sp³-hybridized carbons (Fsp3) is 0.128. The monoisotopic (exact) mass is 542 g/mol. The summed E-state index contributed by atoms with van der Waals surface area (Å²) in [5.74, 6) is 0. The minimum atomic E-state index is -0.0643. The van der Waals surface area contributed by atoms with Crippen LogP contribution in [0, 0.1) is 0 Å². The summed E-state index contributed by atoms with van der Waals surface area (Å²) in [6.45, 7) is 4.72. The van der Waals surface area contributed by atoms with Gasteiger partial charge in [-0.05, 0) is 79.6 Å². The molecule has 3 nitrogen and oxygen atoms in total. The Morgan fingerprint density at radius 2 is 1.45 bits per heavy atom. The van der Waals surface area contributed by atoms with Crippen molar-refractivity contribution in [2.24, 2.45) is 0 Å². The standard InChI is InChI=1S/C39H32N3/c1-39(2)33-17-9-16-31(37(33)32-21-26-12-6-7-13-27(26)22-34(32)39)28-14-8-15-29(20-28)35-23-36(30-18-19-40-24-30)42-38(41-35)25-10-4-3-5-11-25/h3-24,36,38,41-42H,1-2H3/q+1. The second-order valence-corrected chi connectivity index (χ2v) is 12.0. The number of nitrogens with one attached hydrogen (secondary N) is 2. The smallest absolute Gasteiger partial charge is 0.297 e. The third kappa shape index (κ3) is 3.98. The molecular weight excluding hydrogens is 510 g/mol. The van der Waals surface area contributed by atoms with E-state index in [-0.39, 0.29) is 17.6 Å². The maximum absolute atomic E-state index is 4.34. The first kappa shape index (κ1) is 24.8. The summed E-state index contributed by atoms with van der Waals surface area (Å²) in [6, 6.07) is 39.9. The molecule has 202 valence electrons. The highest BCUT2D eigenvalue weighted by molar-refractivity contribution is 5.99. The van der Waals surface area contributed by atoms with Crippen LogP contribution in [0.5, 0.6) is 0 Å². The number of nitrogens with zero attached hydrogens (tertiary/aromatic N) is 1. The molecule has 0 amide bonds. The van der Waals surface area contributed by atoms with E-state index in [4.69, 9.17) is 0 Å². The van der Waals surface area contributed by atoms with E-state index in [0.717, 1.165) is 11.3 Å². The van der Waals surface area contributed by atoms with Crippen molar-refractivity contribution in [3.63, 3.8) is 0 Å². The van der Waals surface area contributed by atoms with Crippen LogP contribution in [-0.4, -0.2) is 18.5 Å². The van der Waals surface area contributed by atoms with E-state index < -0.39 is 0 Å². The molecule has 3 heteroatoms. The van der Waals surface area contributed by atoms with Gasteiger partial charge in [-0.25, -0.2) is 0 Å². The average molecular weight is 543 g/mol. The molecule has 0 spiro atoms. The number of fused-ring (bicyclic) bond motifs is 4. The van der Waals surface area contributed by atoms with Gasteiger partial charge in [0.25, 0.3) is 12.4 Å². The summed E-state index contributed by atoms with van der Waals surface area (Å²) in [4.78, 5) is 0. The van der Waals surface area contributed by atoms with Crippen molar-refractivity contribution < 1.29 is 0 Å². The first-order chi connectivity index (χ1) is 20.6. The van der Waals surface area contributed by atoms with Crippen LogP contribution in [0.25, 0.3) is 38.7 Å². The van der Waals surface area contributed by atoms with Crippen molar-refractivity contribution in [1.82, 2.24) is 15.3 Å². The van der Waals surface area contributed by atoms with Crippen LogP contribution >= 0.6 is 0 Å². The first-order valence-corrected chi connectivity index (χ1v) is 14.7. The van der Waals surface area contributed by atoms with Crippen LogP contribution in [0.3, 0.4) is 0 Å². The Labute approximate surface area is 246 Å². The van der Waals surface area contributed by atoms with Gasteiger partial charge in [0.05, 0.1) is 11.6 Å². The molecule has 2 unspecified atom stereocenters. The molecule has 0 saturated carbocycles. The molecule has 2 N–H and O–H groups in total. The molecule has 5 aromatic carbocycles. The Balaban J connectivity index is 1.24. The van der Waals surface area contributed by atoms with Crippen molar-refractivity contribution >= 4 is 28.9 Å². The molecule has 0 bridgehead atoms. The van der Waals surface area contributed by atoms with E-state index in [1.165, 1.54) is 55.3 Å². The van der Waals surface area contributed by atoms with Gasteiger partial charge in [0.2, 0.25) is 0 Å². The number of benzene rings is 5. The normalized spacial score (nSPS) is 19.7. The second kappa shape index (κ2) is 9.56. The number of rotatable bonds is 4. The number of allylic oxidation sites excluding steroid dienone is 1. The molecule has 2 heterocycles. The van der Waals surface area contributed by atoms with Gasteiger partial charge >= 0.3 is 0 Å². The number of hydrogen-bond donors (Lipinski definition) is 2. The van der Waals surface area contributed by atoms with Gasteiger partial charge in [-0.3, -0.25) is 5.32 Å². The summed E-state index contributed by atoms with van der Waals surface area (Å²) in [7, 11) is 0. The summed E-state index contributed by atoms with van der Waals surface area (Å²) >= 11 is 0. The lowest BCUT2D eigenvalue weighted by Gasteiger charge is -2.32. The summed E-state index contributed by atoms with van der Waals surface area (Å²) in [5, 5.41) is 10.1. The maximum Gasteiger partial charge on any atom is 0.297 e. The second-order valence-electron chi connectivity index (χ2n) is 12.0. The predicted molar refractivity (Wildman–Crippen MR) is 177 cm³/mol. The van der Waals surface area contributed by atoms with Gasteiger partial charge in [0, 0.05) is 17.2 Å². The topological polar surface area (TPSA) is 38.2 Å². The quantitative estimate of drug-likeness (QED) is 0.230. The molecule has 1 aliphatic carbocycles. The number of hydrogen-bond acceptors (Lipinski definition) is 2.